The van der Waals surface area contributed by atoms with Gasteiger partial charge in [0, 0.05) is 0 Å². The molecule has 0 aliphatic heterocycles. The van der Waals surface area contributed by atoms with Crippen LogP contribution >= 0.6 is 0 Å². The molecular formula is C22H25FN2O3. The number of carbonyl (C=O) groups excluding carboxylic acids is 2. The first-order valence-corrected chi connectivity index (χ1v) is 9.44. The Morgan fingerprint density at radius 3 is 2.61 bits per heavy atom. The van der Waals surface area contributed by atoms with Crippen LogP contribution in [0.15, 0.2) is 42.5 Å². The molecule has 6 heteroatoms. The summed E-state index contributed by atoms with van der Waals surface area (Å²) >= 11 is 0. The summed E-state index contributed by atoms with van der Waals surface area (Å²) in [7, 11) is 1.50. The number of fused-ring (bicyclic) bond motifs is 1. The van der Waals surface area contributed by atoms with Crippen LogP contribution in [0.5, 0.6) is 5.75 Å². The van der Waals surface area contributed by atoms with Gasteiger partial charge in [0.2, 0.25) is 5.91 Å². The van der Waals surface area contributed by atoms with E-state index < -0.39 is 6.04 Å². The van der Waals surface area contributed by atoms with E-state index in [-0.39, 0.29) is 29.6 Å². The zero-order valence-electron chi connectivity index (χ0n) is 16.3. The van der Waals surface area contributed by atoms with Crippen LogP contribution in [0.1, 0.15) is 47.8 Å². The molecule has 2 aromatic carbocycles. The van der Waals surface area contributed by atoms with E-state index in [1.165, 1.54) is 13.2 Å². The Balaban J connectivity index is 1.74. The van der Waals surface area contributed by atoms with Crippen LogP contribution in [-0.4, -0.2) is 25.0 Å². The molecule has 0 bridgehead atoms. The SMILES string of the molecule is COc1ccccc1C(=O)NC(C(=O)NC1CCc2c(F)cccc21)C(C)C. The molecule has 0 heterocycles. The highest BCUT2D eigenvalue weighted by Gasteiger charge is 2.31. The van der Waals surface area contributed by atoms with E-state index in [1.807, 2.05) is 19.9 Å². The van der Waals surface area contributed by atoms with Crippen LogP contribution in [-0.2, 0) is 11.2 Å². The van der Waals surface area contributed by atoms with Crippen molar-refractivity contribution in [2.45, 2.75) is 38.8 Å². The van der Waals surface area contributed by atoms with E-state index in [4.69, 9.17) is 4.74 Å². The Bertz CT molecular complexity index is 882. The number of hydrogen-bond donors (Lipinski definition) is 2. The van der Waals surface area contributed by atoms with Gasteiger partial charge in [-0.25, -0.2) is 4.39 Å². The number of para-hydroxylation sites is 1. The number of halogens is 1. The highest BCUT2D eigenvalue weighted by molar-refractivity contribution is 5.99. The quantitative estimate of drug-likeness (QED) is 0.802. The number of amides is 2. The Hall–Kier alpha value is -2.89. The lowest BCUT2D eigenvalue weighted by Gasteiger charge is -2.24. The summed E-state index contributed by atoms with van der Waals surface area (Å²) in [5, 5.41) is 5.79. The van der Waals surface area contributed by atoms with Gasteiger partial charge in [-0.3, -0.25) is 9.59 Å². The Labute approximate surface area is 164 Å². The molecule has 2 unspecified atom stereocenters. The first-order chi connectivity index (χ1) is 13.4. The highest BCUT2D eigenvalue weighted by atomic mass is 19.1. The van der Waals surface area contributed by atoms with Gasteiger partial charge in [0.05, 0.1) is 18.7 Å². The van der Waals surface area contributed by atoms with Crippen LogP contribution < -0.4 is 15.4 Å². The zero-order chi connectivity index (χ0) is 20.3. The Kier molecular flexibility index (Phi) is 5.97. The molecule has 2 N–H and O–H groups in total. The molecule has 148 valence electrons. The maximum absolute atomic E-state index is 13.9. The van der Waals surface area contributed by atoms with Gasteiger partial charge in [-0.15, -0.1) is 0 Å². The average Bonchev–Trinajstić information content (AvgIpc) is 3.09. The minimum Gasteiger partial charge on any atom is -0.496 e. The number of carbonyl (C=O) groups is 2. The number of rotatable bonds is 6. The fraction of sp³-hybridized carbons (Fsp3) is 0.364. The summed E-state index contributed by atoms with van der Waals surface area (Å²) < 4.78 is 19.2. The maximum atomic E-state index is 13.9. The molecule has 0 radical (unpaired) electrons. The Morgan fingerprint density at radius 2 is 1.89 bits per heavy atom. The monoisotopic (exact) mass is 384 g/mol. The lowest BCUT2D eigenvalue weighted by Crippen LogP contribution is -2.50. The molecule has 3 rings (SSSR count). The van der Waals surface area contributed by atoms with Crippen molar-refractivity contribution in [3.05, 3.63) is 65.0 Å². The van der Waals surface area contributed by atoms with Crippen LogP contribution in [0.3, 0.4) is 0 Å². The predicted octanol–water partition coefficient (Wildman–Crippen LogP) is 3.39. The number of nitrogens with one attached hydrogen (secondary N) is 2. The van der Waals surface area contributed by atoms with E-state index in [1.54, 1.807) is 30.3 Å². The van der Waals surface area contributed by atoms with Crippen molar-refractivity contribution in [2.75, 3.05) is 7.11 Å². The molecule has 2 atom stereocenters. The molecule has 2 amide bonds. The molecule has 0 fully saturated rings. The minimum absolute atomic E-state index is 0.118. The minimum atomic E-state index is -0.713. The third kappa shape index (κ3) is 4.01. The molecule has 5 nitrogen and oxygen atoms in total. The number of benzene rings is 2. The van der Waals surface area contributed by atoms with Gasteiger partial charge in [0.25, 0.3) is 5.91 Å². The normalized spacial score (nSPS) is 16.4. The standard InChI is InChI=1S/C22H25FN2O3/c1-13(2)20(25-21(26)16-7-4-5-10-19(16)28-3)22(27)24-18-12-11-14-15(18)8-6-9-17(14)23/h4-10,13,18,20H,11-12H2,1-3H3,(H,24,27)(H,25,26). The fourth-order valence-corrected chi connectivity index (χ4v) is 3.61. The van der Waals surface area contributed by atoms with Gasteiger partial charge in [-0.05, 0) is 48.1 Å². The van der Waals surface area contributed by atoms with Gasteiger partial charge >= 0.3 is 0 Å². The Morgan fingerprint density at radius 1 is 1.14 bits per heavy atom. The van der Waals surface area contributed by atoms with Crippen molar-refractivity contribution >= 4 is 11.8 Å². The summed E-state index contributed by atoms with van der Waals surface area (Å²) in [5.41, 5.74) is 1.84. The predicted molar refractivity (Wildman–Crippen MR) is 105 cm³/mol. The second-order valence-electron chi connectivity index (χ2n) is 7.30. The van der Waals surface area contributed by atoms with Crippen molar-refractivity contribution < 1.29 is 18.7 Å². The van der Waals surface area contributed by atoms with Crippen molar-refractivity contribution in [3.63, 3.8) is 0 Å². The summed E-state index contributed by atoms with van der Waals surface area (Å²) in [4.78, 5) is 25.6. The van der Waals surface area contributed by atoms with E-state index in [2.05, 4.69) is 10.6 Å². The average molecular weight is 384 g/mol. The second-order valence-corrected chi connectivity index (χ2v) is 7.30. The topological polar surface area (TPSA) is 67.4 Å². The van der Waals surface area contributed by atoms with Crippen LogP contribution in [0.4, 0.5) is 4.39 Å². The largest absolute Gasteiger partial charge is 0.496 e. The van der Waals surface area contributed by atoms with E-state index in [0.29, 0.717) is 29.7 Å². The van der Waals surface area contributed by atoms with Crippen LogP contribution in [0.25, 0.3) is 0 Å². The van der Waals surface area contributed by atoms with Gasteiger partial charge in [0.1, 0.15) is 17.6 Å². The van der Waals surface area contributed by atoms with Gasteiger partial charge in [-0.2, -0.15) is 0 Å². The zero-order valence-corrected chi connectivity index (χ0v) is 16.3. The number of ether oxygens (including phenoxy) is 1. The molecule has 0 saturated carbocycles. The molecule has 0 aromatic heterocycles. The highest BCUT2D eigenvalue weighted by Crippen LogP contribution is 2.32. The van der Waals surface area contributed by atoms with Crippen LogP contribution in [0, 0.1) is 11.7 Å². The van der Waals surface area contributed by atoms with Gasteiger partial charge in [0.15, 0.2) is 0 Å². The fourth-order valence-electron chi connectivity index (χ4n) is 3.61. The molecule has 2 aromatic rings. The van der Waals surface area contributed by atoms with Crippen molar-refractivity contribution in [1.82, 2.24) is 10.6 Å². The summed E-state index contributed by atoms with van der Waals surface area (Å²) in [6.45, 7) is 3.74. The van der Waals surface area contributed by atoms with Crippen molar-refractivity contribution in [1.29, 1.82) is 0 Å². The van der Waals surface area contributed by atoms with Crippen molar-refractivity contribution in [3.8, 4) is 5.75 Å². The smallest absolute Gasteiger partial charge is 0.255 e. The molecule has 0 spiro atoms. The lowest BCUT2D eigenvalue weighted by molar-refractivity contribution is -0.124. The molecular weight excluding hydrogens is 359 g/mol. The van der Waals surface area contributed by atoms with E-state index in [9.17, 15) is 14.0 Å². The molecule has 1 aliphatic rings. The molecule has 1 aliphatic carbocycles. The summed E-state index contributed by atoms with van der Waals surface area (Å²) in [5.74, 6) is -0.557. The molecule has 28 heavy (non-hydrogen) atoms. The lowest BCUT2D eigenvalue weighted by atomic mass is 10.0. The molecule has 0 saturated heterocycles. The second kappa shape index (κ2) is 8.42. The summed E-state index contributed by atoms with van der Waals surface area (Å²) in [6.07, 6.45) is 1.24. The van der Waals surface area contributed by atoms with Gasteiger partial charge in [-0.1, -0.05) is 38.1 Å². The summed E-state index contributed by atoms with van der Waals surface area (Å²) in [6, 6.07) is 10.8. The number of methoxy groups -OCH3 is 1. The van der Waals surface area contributed by atoms with E-state index >= 15 is 0 Å². The first-order valence-electron chi connectivity index (χ1n) is 9.44. The van der Waals surface area contributed by atoms with Gasteiger partial charge < -0.3 is 15.4 Å². The third-order valence-electron chi connectivity index (χ3n) is 5.12. The van der Waals surface area contributed by atoms with E-state index in [0.717, 1.165) is 5.56 Å². The first kappa shape index (κ1) is 19.9. The van der Waals surface area contributed by atoms with Crippen molar-refractivity contribution in [2.24, 2.45) is 5.92 Å². The third-order valence-corrected chi connectivity index (χ3v) is 5.12. The maximum Gasteiger partial charge on any atom is 0.255 e. The van der Waals surface area contributed by atoms with Crippen LogP contribution in [0.2, 0.25) is 0 Å². The number of hydrogen-bond acceptors (Lipinski definition) is 3.